The zero-order chi connectivity index (χ0) is 20.1. The molecule has 1 aliphatic carbocycles. The zero-order valence-corrected chi connectivity index (χ0v) is 15.5. The predicted octanol–water partition coefficient (Wildman–Crippen LogP) is 4.71. The number of fused-ring (bicyclic) bond motifs is 2. The summed E-state index contributed by atoms with van der Waals surface area (Å²) in [7, 11) is 0. The van der Waals surface area contributed by atoms with Crippen LogP contribution in [0.2, 0.25) is 0 Å². The van der Waals surface area contributed by atoms with Gasteiger partial charge in [-0.05, 0) is 49.6 Å². The number of halogens is 3. The third kappa shape index (κ3) is 3.15. The standard InChI is InChI=1S/C21H20F3N3O/c1-12(2)27-18-8-7-14(10-17(18)26-20(27)21(22,23)24)19(28)25-11-15-9-13-5-3-4-6-16(13)15/h3-8,10,12,15H,9,11H2,1-2H3,(H,25,28)/t15-/m0/s1. The molecule has 2 aromatic carbocycles. The summed E-state index contributed by atoms with van der Waals surface area (Å²) in [4.78, 5) is 16.3. The number of amides is 1. The maximum atomic E-state index is 13.3. The summed E-state index contributed by atoms with van der Waals surface area (Å²) in [6.07, 6.45) is -3.63. The average Bonchev–Trinajstić information content (AvgIpc) is 3.01. The first-order chi connectivity index (χ1) is 13.3. The summed E-state index contributed by atoms with van der Waals surface area (Å²) in [5, 5.41) is 2.89. The third-order valence-corrected chi connectivity index (χ3v) is 5.19. The second-order valence-electron chi connectivity index (χ2n) is 7.41. The fourth-order valence-corrected chi connectivity index (χ4v) is 3.83. The zero-order valence-electron chi connectivity index (χ0n) is 15.5. The molecule has 1 aliphatic rings. The van der Waals surface area contributed by atoms with E-state index in [4.69, 9.17) is 0 Å². The molecular weight excluding hydrogens is 367 g/mol. The minimum absolute atomic E-state index is 0.169. The van der Waals surface area contributed by atoms with Crippen LogP contribution in [0.15, 0.2) is 42.5 Å². The molecule has 4 nitrogen and oxygen atoms in total. The van der Waals surface area contributed by atoms with Crippen LogP contribution in [0.3, 0.4) is 0 Å². The van der Waals surface area contributed by atoms with Gasteiger partial charge in [0.1, 0.15) is 0 Å². The van der Waals surface area contributed by atoms with Crippen molar-refractivity contribution in [3.05, 3.63) is 65.0 Å². The second-order valence-corrected chi connectivity index (χ2v) is 7.41. The Morgan fingerprint density at radius 2 is 2.00 bits per heavy atom. The van der Waals surface area contributed by atoms with Gasteiger partial charge in [0, 0.05) is 24.1 Å². The summed E-state index contributed by atoms with van der Waals surface area (Å²) in [6, 6.07) is 12.2. The highest BCUT2D eigenvalue weighted by molar-refractivity contribution is 5.97. The molecule has 1 atom stereocenters. The van der Waals surface area contributed by atoms with E-state index in [-0.39, 0.29) is 17.3 Å². The van der Waals surface area contributed by atoms with Crippen LogP contribution in [0.5, 0.6) is 0 Å². The molecule has 1 aromatic heterocycles. The molecule has 1 N–H and O–H groups in total. The summed E-state index contributed by atoms with van der Waals surface area (Å²) in [5.74, 6) is -0.971. The Kier molecular flexibility index (Phi) is 4.40. The number of aromatic nitrogens is 2. The Labute approximate surface area is 160 Å². The lowest BCUT2D eigenvalue weighted by molar-refractivity contribution is -0.147. The largest absolute Gasteiger partial charge is 0.449 e. The van der Waals surface area contributed by atoms with Gasteiger partial charge in [0.05, 0.1) is 11.0 Å². The fraction of sp³-hybridized carbons (Fsp3) is 0.333. The van der Waals surface area contributed by atoms with Crippen molar-refractivity contribution in [3.8, 4) is 0 Å². The average molecular weight is 387 g/mol. The number of imidazole rings is 1. The van der Waals surface area contributed by atoms with Crippen LogP contribution in [-0.2, 0) is 12.6 Å². The van der Waals surface area contributed by atoms with Crippen molar-refractivity contribution in [3.63, 3.8) is 0 Å². The molecule has 0 saturated carbocycles. The van der Waals surface area contributed by atoms with E-state index >= 15 is 0 Å². The van der Waals surface area contributed by atoms with Crippen LogP contribution in [0.1, 0.15) is 53.1 Å². The summed E-state index contributed by atoms with van der Waals surface area (Å²) >= 11 is 0. The van der Waals surface area contributed by atoms with Crippen molar-refractivity contribution in [2.45, 2.75) is 38.4 Å². The first-order valence-electron chi connectivity index (χ1n) is 9.21. The van der Waals surface area contributed by atoms with Crippen molar-refractivity contribution in [1.29, 1.82) is 0 Å². The van der Waals surface area contributed by atoms with Gasteiger partial charge in [0.15, 0.2) is 0 Å². The molecule has 28 heavy (non-hydrogen) atoms. The van der Waals surface area contributed by atoms with Gasteiger partial charge >= 0.3 is 6.18 Å². The molecule has 7 heteroatoms. The van der Waals surface area contributed by atoms with E-state index in [0.717, 1.165) is 11.0 Å². The Morgan fingerprint density at radius 3 is 2.68 bits per heavy atom. The number of hydrogen-bond donors (Lipinski definition) is 1. The van der Waals surface area contributed by atoms with Crippen LogP contribution in [0, 0.1) is 0 Å². The number of nitrogens with zero attached hydrogens (tertiary/aromatic N) is 2. The maximum Gasteiger partial charge on any atom is 0.449 e. The highest BCUT2D eigenvalue weighted by Crippen LogP contribution is 2.35. The lowest BCUT2D eigenvalue weighted by atomic mass is 9.77. The van der Waals surface area contributed by atoms with E-state index in [1.165, 1.54) is 23.3 Å². The predicted molar refractivity (Wildman–Crippen MR) is 100 cm³/mol. The van der Waals surface area contributed by atoms with E-state index in [1.54, 1.807) is 19.9 Å². The SMILES string of the molecule is CC(C)n1c(C(F)(F)F)nc2cc(C(=O)NC[C@@H]3Cc4ccccc43)ccc21. The molecule has 0 radical (unpaired) electrons. The summed E-state index contributed by atoms with van der Waals surface area (Å²) in [5.41, 5.74) is 3.38. The lowest BCUT2D eigenvalue weighted by Gasteiger charge is -2.30. The van der Waals surface area contributed by atoms with Gasteiger partial charge in [0.2, 0.25) is 5.82 Å². The topological polar surface area (TPSA) is 46.9 Å². The van der Waals surface area contributed by atoms with Crippen molar-refractivity contribution in [1.82, 2.24) is 14.9 Å². The fourth-order valence-electron chi connectivity index (χ4n) is 3.83. The number of carbonyl (C=O) groups excluding carboxylic acids is 1. The van der Waals surface area contributed by atoms with E-state index in [9.17, 15) is 18.0 Å². The highest BCUT2D eigenvalue weighted by atomic mass is 19.4. The number of alkyl halides is 3. The van der Waals surface area contributed by atoms with Crippen LogP contribution < -0.4 is 5.32 Å². The summed E-state index contributed by atoms with van der Waals surface area (Å²) in [6.45, 7) is 3.85. The Bertz CT molecular complexity index is 1050. The van der Waals surface area contributed by atoms with Gasteiger partial charge in [0.25, 0.3) is 5.91 Å². The molecule has 1 heterocycles. The molecule has 0 bridgehead atoms. The quantitative estimate of drug-likeness (QED) is 0.705. The minimum Gasteiger partial charge on any atom is -0.351 e. The van der Waals surface area contributed by atoms with Crippen molar-refractivity contribution in [2.24, 2.45) is 0 Å². The second kappa shape index (κ2) is 6.65. The third-order valence-electron chi connectivity index (χ3n) is 5.19. The van der Waals surface area contributed by atoms with Crippen molar-refractivity contribution >= 4 is 16.9 Å². The molecule has 0 aliphatic heterocycles. The van der Waals surface area contributed by atoms with Gasteiger partial charge in [-0.2, -0.15) is 13.2 Å². The van der Waals surface area contributed by atoms with Crippen molar-refractivity contribution < 1.29 is 18.0 Å². The van der Waals surface area contributed by atoms with Crippen LogP contribution in [0.4, 0.5) is 13.2 Å². The first-order valence-corrected chi connectivity index (χ1v) is 9.21. The number of benzene rings is 2. The lowest BCUT2D eigenvalue weighted by Crippen LogP contribution is -2.33. The van der Waals surface area contributed by atoms with Gasteiger partial charge in [-0.1, -0.05) is 24.3 Å². The van der Waals surface area contributed by atoms with Gasteiger partial charge in [-0.25, -0.2) is 4.98 Å². The van der Waals surface area contributed by atoms with E-state index in [1.807, 2.05) is 12.1 Å². The highest BCUT2D eigenvalue weighted by Gasteiger charge is 2.38. The molecule has 0 saturated heterocycles. The monoisotopic (exact) mass is 387 g/mol. The number of nitrogens with one attached hydrogen (secondary N) is 1. The molecular formula is C21H20F3N3O. The Balaban J connectivity index is 1.55. The van der Waals surface area contributed by atoms with Crippen molar-refractivity contribution in [2.75, 3.05) is 6.54 Å². The Hall–Kier alpha value is -2.83. The van der Waals surface area contributed by atoms with E-state index in [0.29, 0.717) is 17.6 Å². The smallest absolute Gasteiger partial charge is 0.351 e. The molecule has 0 fully saturated rings. The molecule has 1 amide bonds. The number of rotatable bonds is 4. The van der Waals surface area contributed by atoms with Crippen LogP contribution in [-0.4, -0.2) is 22.0 Å². The first kappa shape index (κ1) is 18.5. The molecule has 146 valence electrons. The van der Waals surface area contributed by atoms with Gasteiger partial charge in [-0.15, -0.1) is 0 Å². The van der Waals surface area contributed by atoms with Crippen LogP contribution in [0.25, 0.3) is 11.0 Å². The molecule has 0 spiro atoms. The van der Waals surface area contributed by atoms with Crippen LogP contribution >= 0.6 is 0 Å². The van der Waals surface area contributed by atoms with E-state index < -0.39 is 18.0 Å². The molecule has 0 unspecified atom stereocenters. The maximum absolute atomic E-state index is 13.3. The molecule has 3 aromatic rings. The number of hydrogen-bond acceptors (Lipinski definition) is 2. The normalized spacial score (nSPS) is 16.1. The van der Waals surface area contributed by atoms with E-state index in [2.05, 4.69) is 22.4 Å². The summed E-state index contributed by atoms with van der Waals surface area (Å²) < 4.78 is 41.1. The van der Waals surface area contributed by atoms with Gasteiger partial charge in [-0.3, -0.25) is 4.79 Å². The minimum atomic E-state index is -4.55. The molecule has 4 rings (SSSR count). The Morgan fingerprint density at radius 1 is 1.25 bits per heavy atom. The van der Waals surface area contributed by atoms with Gasteiger partial charge < -0.3 is 9.88 Å². The number of carbonyl (C=O) groups is 1.